The Hall–Kier alpha value is -3.19. The molecule has 8 heteroatoms. The summed E-state index contributed by atoms with van der Waals surface area (Å²) in [5.74, 6) is -2.19. The van der Waals surface area contributed by atoms with Crippen molar-refractivity contribution in [3.8, 4) is 0 Å². The maximum atomic E-state index is 12.8. The van der Waals surface area contributed by atoms with E-state index >= 15 is 0 Å². The predicted molar refractivity (Wildman–Crippen MR) is 96.0 cm³/mol. The second-order valence-electron chi connectivity index (χ2n) is 5.59. The Morgan fingerprint density at radius 1 is 1.11 bits per heavy atom. The summed E-state index contributed by atoms with van der Waals surface area (Å²) in [5.41, 5.74) is 0.418. The van der Waals surface area contributed by atoms with E-state index in [0.717, 1.165) is 6.07 Å². The molecule has 27 heavy (non-hydrogen) atoms. The van der Waals surface area contributed by atoms with Crippen molar-refractivity contribution in [1.29, 1.82) is 0 Å². The van der Waals surface area contributed by atoms with Gasteiger partial charge in [-0.15, -0.1) is 0 Å². The number of benzene rings is 2. The molecule has 6 nitrogen and oxygen atoms in total. The van der Waals surface area contributed by atoms with Crippen molar-refractivity contribution in [3.63, 3.8) is 0 Å². The maximum Gasteiger partial charge on any atom is 0.374 e. The zero-order valence-electron chi connectivity index (χ0n) is 13.8. The molecular weight excluding hydrogens is 377 g/mol. The molecule has 1 heterocycles. The molecule has 3 aromatic rings. The summed E-state index contributed by atoms with van der Waals surface area (Å²) in [6.07, 6.45) is 0. The molecule has 0 aliphatic carbocycles. The Labute approximate surface area is 157 Å². The van der Waals surface area contributed by atoms with Gasteiger partial charge in [0.1, 0.15) is 11.4 Å². The number of carbonyl (C=O) groups excluding carboxylic acids is 2. The van der Waals surface area contributed by atoms with Gasteiger partial charge in [0, 0.05) is 17.6 Å². The average molecular weight is 390 g/mol. The maximum absolute atomic E-state index is 12.8. The first kappa shape index (κ1) is 18.6. The highest BCUT2D eigenvalue weighted by Gasteiger charge is 2.15. The first-order valence-electron chi connectivity index (χ1n) is 7.84. The van der Waals surface area contributed by atoms with Crippen molar-refractivity contribution in [2.45, 2.75) is 6.54 Å². The predicted octanol–water partition coefficient (Wildman–Crippen LogP) is 3.06. The Kier molecular flexibility index (Phi) is 5.52. The van der Waals surface area contributed by atoms with Crippen LogP contribution in [0.1, 0.15) is 16.1 Å². The Balaban J connectivity index is 1.59. The lowest BCUT2D eigenvalue weighted by Crippen LogP contribution is -2.28. The Morgan fingerprint density at radius 2 is 1.85 bits per heavy atom. The fourth-order valence-corrected chi connectivity index (χ4v) is 2.46. The fourth-order valence-electron chi connectivity index (χ4n) is 2.29. The molecule has 0 radical (unpaired) electrons. The topological polar surface area (TPSA) is 85.6 Å². The van der Waals surface area contributed by atoms with Crippen LogP contribution < -0.4 is 10.7 Å². The molecule has 0 aliphatic rings. The number of ether oxygens (including phenoxy) is 1. The summed E-state index contributed by atoms with van der Waals surface area (Å²) >= 11 is 5.82. The number of esters is 1. The van der Waals surface area contributed by atoms with E-state index in [0.29, 0.717) is 10.6 Å². The summed E-state index contributed by atoms with van der Waals surface area (Å²) < 4.78 is 23.0. The minimum absolute atomic E-state index is 0.155. The van der Waals surface area contributed by atoms with E-state index in [4.69, 9.17) is 20.8 Å². The van der Waals surface area contributed by atoms with E-state index in [1.807, 2.05) is 0 Å². The monoisotopic (exact) mass is 389 g/mol. The third-order valence-electron chi connectivity index (χ3n) is 3.63. The molecule has 2 aromatic carbocycles. The number of fused-ring (bicyclic) bond motifs is 1. The van der Waals surface area contributed by atoms with E-state index in [2.05, 4.69) is 5.32 Å². The molecule has 0 fully saturated rings. The number of carbonyl (C=O) groups is 2. The highest BCUT2D eigenvalue weighted by molar-refractivity contribution is 6.31. The second kappa shape index (κ2) is 8.01. The number of halogens is 2. The van der Waals surface area contributed by atoms with Crippen molar-refractivity contribution in [2.24, 2.45) is 0 Å². The van der Waals surface area contributed by atoms with Gasteiger partial charge in [0.2, 0.25) is 5.76 Å². The van der Waals surface area contributed by atoms with Gasteiger partial charge in [-0.25, -0.2) is 9.18 Å². The van der Waals surface area contributed by atoms with Crippen LogP contribution >= 0.6 is 11.6 Å². The number of hydrogen-bond donors (Lipinski definition) is 1. The molecule has 0 atom stereocenters. The normalized spacial score (nSPS) is 10.6. The third-order valence-corrected chi connectivity index (χ3v) is 3.86. The minimum atomic E-state index is -0.944. The molecule has 1 aromatic heterocycles. The first-order valence-corrected chi connectivity index (χ1v) is 8.22. The lowest BCUT2D eigenvalue weighted by molar-refractivity contribution is -0.124. The van der Waals surface area contributed by atoms with Gasteiger partial charge in [-0.3, -0.25) is 9.59 Å². The molecule has 0 bridgehead atoms. The van der Waals surface area contributed by atoms with Gasteiger partial charge in [0.25, 0.3) is 5.91 Å². The first-order chi connectivity index (χ1) is 12.9. The lowest BCUT2D eigenvalue weighted by Gasteiger charge is -2.07. The van der Waals surface area contributed by atoms with Crippen LogP contribution in [0.2, 0.25) is 5.02 Å². The number of nitrogens with one attached hydrogen (secondary N) is 1. The summed E-state index contributed by atoms with van der Waals surface area (Å²) in [6.45, 7) is -0.398. The minimum Gasteiger partial charge on any atom is -0.450 e. The third kappa shape index (κ3) is 4.71. The van der Waals surface area contributed by atoms with Crippen molar-refractivity contribution < 1.29 is 23.1 Å². The van der Waals surface area contributed by atoms with Gasteiger partial charge in [-0.2, -0.15) is 0 Å². The standard InChI is InChI=1S/C19H13ClFNO5/c20-12-3-6-16-14(7-12)15(23)8-17(27-16)19(25)26-10-18(24)22-9-11-1-4-13(21)5-2-11/h1-8H,9-10H2,(H,22,24). The van der Waals surface area contributed by atoms with Crippen molar-refractivity contribution >= 4 is 34.4 Å². The highest BCUT2D eigenvalue weighted by Crippen LogP contribution is 2.18. The molecule has 1 amide bonds. The van der Waals surface area contributed by atoms with Gasteiger partial charge < -0.3 is 14.5 Å². The van der Waals surface area contributed by atoms with Crippen LogP contribution in [0.4, 0.5) is 4.39 Å². The number of rotatable bonds is 5. The van der Waals surface area contributed by atoms with Gasteiger partial charge in [0.05, 0.1) is 5.39 Å². The van der Waals surface area contributed by atoms with Gasteiger partial charge >= 0.3 is 5.97 Å². The van der Waals surface area contributed by atoms with Crippen LogP contribution in [0.3, 0.4) is 0 Å². The zero-order chi connectivity index (χ0) is 19.4. The van der Waals surface area contributed by atoms with Crippen LogP contribution in [0.5, 0.6) is 0 Å². The Morgan fingerprint density at radius 3 is 2.59 bits per heavy atom. The van der Waals surface area contributed by atoms with Crippen LogP contribution in [0.15, 0.2) is 57.7 Å². The van der Waals surface area contributed by atoms with Crippen molar-refractivity contribution in [2.75, 3.05) is 6.61 Å². The van der Waals surface area contributed by atoms with E-state index in [-0.39, 0.29) is 29.1 Å². The summed E-state index contributed by atoms with van der Waals surface area (Å²) in [7, 11) is 0. The molecule has 0 spiro atoms. The van der Waals surface area contributed by atoms with E-state index in [1.54, 1.807) is 0 Å². The quantitative estimate of drug-likeness (QED) is 0.678. The molecule has 138 valence electrons. The van der Waals surface area contributed by atoms with Gasteiger partial charge in [-0.1, -0.05) is 23.7 Å². The fraction of sp³-hybridized carbons (Fsp3) is 0.105. The zero-order valence-corrected chi connectivity index (χ0v) is 14.6. The van der Waals surface area contributed by atoms with Crippen molar-refractivity contribution in [3.05, 3.63) is 80.9 Å². The molecule has 0 aliphatic heterocycles. The molecule has 0 saturated carbocycles. The lowest BCUT2D eigenvalue weighted by atomic mass is 10.2. The van der Waals surface area contributed by atoms with E-state index < -0.39 is 23.9 Å². The average Bonchev–Trinajstić information content (AvgIpc) is 2.66. The molecular formula is C19H13ClFNO5. The van der Waals surface area contributed by atoms with Crippen LogP contribution in [0, 0.1) is 5.82 Å². The van der Waals surface area contributed by atoms with E-state index in [1.165, 1.54) is 42.5 Å². The highest BCUT2D eigenvalue weighted by atomic mass is 35.5. The number of hydrogen-bond acceptors (Lipinski definition) is 5. The second-order valence-corrected chi connectivity index (χ2v) is 6.03. The SMILES string of the molecule is O=C(COC(=O)c1cc(=O)c2cc(Cl)ccc2o1)NCc1ccc(F)cc1. The smallest absolute Gasteiger partial charge is 0.374 e. The van der Waals surface area contributed by atoms with Crippen molar-refractivity contribution in [1.82, 2.24) is 5.32 Å². The summed E-state index contributed by atoms with van der Waals surface area (Å²) in [5, 5.41) is 3.12. The van der Waals surface area contributed by atoms with Gasteiger partial charge in [0.15, 0.2) is 12.0 Å². The summed E-state index contributed by atoms with van der Waals surface area (Å²) in [4.78, 5) is 35.8. The van der Waals surface area contributed by atoms with Crippen LogP contribution in [-0.4, -0.2) is 18.5 Å². The largest absolute Gasteiger partial charge is 0.450 e. The molecule has 1 N–H and O–H groups in total. The molecule has 3 rings (SSSR count). The van der Waals surface area contributed by atoms with Crippen LogP contribution in [0.25, 0.3) is 11.0 Å². The molecule has 0 unspecified atom stereocenters. The van der Waals surface area contributed by atoms with E-state index in [9.17, 15) is 18.8 Å². The van der Waals surface area contributed by atoms with Crippen LogP contribution in [-0.2, 0) is 16.1 Å². The number of amides is 1. The Bertz CT molecular complexity index is 1060. The molecule has 0 saturated heterocycles. The summed E-state index contributed by atoms with van der Waals surface area (Å²) in [6, 6.07) is 11.0. The van der Waals surface area contributed by atoms with Gasteiger partial charge in [-0.05, 0) is 35.9 Å².